The van der Waals surface area contributed by atoms with E-state index >= 15 is 0 Å². The molecule has 2 aliphatic heterocycles. The normalized spacial score (nSPS) is 18.4. The molecule has 2 aliphatic rings. The lowest BCUT2D eigenvalue weighted by atomic mass is 9.84. The van der Waals surface area contributed by atoms with Crippen LogP contribution in [0.1, 0.15) is 32.8 Å². The Bertz CT molecular complexity index is 1630. The number of aryl methyl sites for hydroxylation is 1. The highest BCUT2D eigenvalue weighted by Crippen LogP contribution is 2.52. The van der Waals surface area contributed by atoms with Gasteiger partial charge in [-0.05, 0) is 36.8 Å². The summed E-state index contributed by atoms with van der Waals surface area (Å²) in [5, 5.41) is 9.79. The SMILES string of the molecule is Cc1ccc(CN2C(=O)C3(c4ccccc42)c2c(oc4ccc(F)cc4c2=O)C(=O)N3CCO)cc1. The summed E-state index contributed by atoms with van der Waals surface area (Å²) in [5.41, 5.74) is 0.331. The van der Waals surface area contributed by atoms with Crippen LogP contribution < -0.4 is 10.3 Å². The first kappa shape index (κ1) is 22.2. The maximum Gasteiger partial charge on any atom is 0.291 e. The third-order valence-corrected chi connectivity index (χ3v) is 6.98. The Morgan fingerprint density at radius 3 is 2.50 bits per heavy atom. The van der Waals surface area contributed by atoms with Gasteiger partial charge in [-0.15, -0.1) is 0 Å². The van der Waals surface area contributed by atoms with Crippen molar-refractivity contribution in [1.82, 2.24) is 4.90 Å². The summed E-state index contributed by atoms with van der Waals surface area (Å²) in [6.45, 7) is 1.54. The zero-order valence-corrected chi connectivity index (χ0v) is 19.3. The number of benzene rings is 3. The van der Waals surface area contributed by atoms with Gasteiger partial charge in [0.15, 0.2) is 11.0 Å². The van der Waals surface area contributed by atoms with Crippen molar-refractivity contribution in [2.45, 2.75) is 19.0 Å². The molecule has 0 bridgehead atoms. The molecule has 1 N–H and O–H groups in total. The van der Waals surface area contributed by atoms with Crippen LogP contribution in [0.4, 0.5) is 10.1 Å². The van der Waals surface area contributed by atoms with Gasteiger partial charge in [0.2, 0.25) is 5.76 Å². The number of aliphatic hydroxyl groups is 1. The fraction of sp³-hybridized carbons (Fsp3) is 0.179. The number of β-amino-alcohol motifs (C(OH)–C–C–N with tert-alkyl or cyclic N) is 1. The van der Waals surface area contributed by atoms with Crippen molar-refractivity contribution in [3.05, 3.63) is 111 Å². The van der Waals surface area contributed by atoms with E-state index in [1.807, 2.05) is 31.2 Å². The Morgan fingerprint density at radius 1 is 1.00 bits per heavy atom. The first-order valence-electron chi connectivity index (χ1n) is 11.5. The molecule has 3 aromatic carbocycles. The number of hydrogen-bond donors (Lipinski definition) is 1. The summed E-state index contributed by atoms with van der Waals surface area (Å²) in [6, 6.07) is 18.2. The fourth-order valence-electron chi connectivity index (χ4n) is 5.40. The number of fused-ring (bicyclic) bond motifs is 5. The maximum atomic E-state index is 14.4. The van der Waals surface area contributed by atoms with Gasteiger partial charge >= 0.3 is 0 Å². The molecule has 2 amide bonds. The molecule has 8 heteroatoms. The van der Waals surface area contributed by atoms with E-state index in [2.05, 4.69) is 0 Å². The Hall–Kier alpha value is -4.30. The molecule has 0 fully saturated rings. The molecule has 3 heterocycles. The van der Waals surface area contributed by atoms with Crippen LogP contribution in [0.2, 0.25) is 0 Å². The zero-order chi connectivity index (χ0) is 25.2. The van der Waals surface area contributed by atoms with Gasteiger partial charge in [-0.2, -0.15) is 0 Å². The standard InChI is InChI=1S/C28H21FN2O5/c1-16-6-8-17(9-7-16)15-30-21-5-3-2-4-20(21)28(27(30)35)23-24(33)19-14-18(29)10-11-22(19)36-25(23)26(34)31(28)12-13-32/h2-11,14,32H,12-13,15H2,1H3. The van der Waals surface area contributed by atoms with Crippen molar-refractivity contribution in [2.24, 2.45) is 0 Å². The van der Waals surface area contributed by atoms with E-state index in [4.69, 9.17) is 4.42 Å². The lowest BCUT2D eigenvalue weighted by Gasteiger charge is -2.33. The van der Waals surface area contributed by atoms with Crippen LogP contribution in [-0.4, -0.2) is 35.0 Å². The van der Waals surface area contributed by atoms with E-state index in [0.29, 0.717) is 11.3 Å². The van der Waals surface area contributed by atoms with Crippen LogP contribution in [0.3, 0.4) is 0 Å². The number of halogens is 1. The number of carbonyl (C=O) groups is 2. The van der Waals surface area contributed by atoms with Gasteiger partial charge < -0.3 is 19.3 Å². The summed E-state index contributed by atoms with van der Waals surface area (Å²) >= 11 is 0. The number of amides is 2. The van der Waals surface area contributed by atoms with E-state index < -0.39 is 35.2 Å². The van der Waals surface area contributed by atoms with Crippen molar-refractivity contribution in [3.63, 3.8) is 0 Å². The van der Waals surface area contributed by atoms with Crippen molar-refractivity contribution < 1.29 is 23.5 Å². The Balaban J connectivity index is 1.65. The number of anilines is 1. The highest BCUT2D eigenvalue weighted by Gasteiger charge is 2.64. The third kappa shape index (κ3) is 2.85. The van der Waals surface area contributed by atoms with Crippen LogP contribution in [0, 0.1) is 12.7 Å². The molecule has 0 saturated carbocycles. The average molecular weight is 484 g/mol. The van der Waals surface area contributed by atoms with Crippen molar-refractivity contribution in [1.29, 1.82) is 0 Å². The molecular formula is C28H21FN2O5. The summed E-state index contributed by atoms with van der Waals surface area (Å²) in [5.74, 6) is -2.09. The van der Waals surface area contributed by atoms with E-state index in [0.717, 1.165) is 23.3 Å². The largest absolute Gasteiger partial charge is 0.450 e. The minimum Gasteiger partial charge on any atom is -0.450 e. The Kier molecular flexibility index (Phi) is 4.84. The molecule has 0 radical (unpaired) electrons. The predicted molar refractivity (Wildman–Crippen MR) is 130 cm³/mol. The minimum atomic E-state index is -1.84. The number of carbonyl (C=O) groups excluding carboxylic acids is 2. The van der Waals surface area contributed by atoms with Gasteiger partial charge in [0, 0.05) is 12.1 Å². The smallest absolute Gasteiger partial charge is 0.291 e. The molecule has 7 nitrogen and oxygen atoms in total. The van der Waals surface area contributed by atoms with Crippen molar-refractivity contribution in [3.8, 4) is 0 Å². The lowest BCUT2D eigenvalue weighted by molar-refractivity contribution is -0.126. The van der Waals surface area contributed by atoms with Gasteiger partial charge in [0.25, 0.3) is 11.8 Å². The number of aliphatic hydroxyl groups excluding tert-OH is 1. The molecule has 1 unspecified atom stereocenters. The molecule has 1 aromatic heterocycles. The number of nitrogens with zero attached hydrogens (tertiary/aromatic N) is 2. The van der Waals surface area contributed by atoms with Gasteiger partial charge in [-0.25, -0.2) is 4.39 Å². The van der Waals surface area contributed by atoms with Gasteiger partial charge in [0.1, 0.15) is 11.4 Å². The summed E-state index contributed by atoms with van der Waals surface area (Å²) < 4.78 is 19.9. The molecule has 180 valence electrons. The third-order valence-electron chi connectivity index (χ3n) is 6.98. The first-order chi connectivity index (χ1) is 17.4. The summed E-state index contributed by atoms with van der Waals surface area (Å²) in [7, 11) is 0. The second-order valence-electron chi connectivity index (χ2n) is 9.06. The molecule has 6 rings (SSSR count). The molecule has 1 atom stereocenters. The maximum absolute atomic E-state index is 14.4. The molecular weight excluding hydrogens is 463 g/mol. The van der Waals surface area contributed by atoms with Gasteiger partial charge in [-0.3, -0.25) is 14.4 Å². The van der Waals surface area contributed by atoms with Crippen LogP contribution in [0.5, 0.6) is 0 Å². The Morgan fingerprint density at radius 2 is 1.75 bits per heavy atom. The predicted octanol–water partition coefficient (Wildman–Crippen LogP) is 3.48. The number of para-hydroxylation sites is 1. The second kappa shape index (κ2) is 7.86. The van der Waals surface area contributed by atoms with Gasteiger partial charge in [0.05, 0.1) is 29.8 Å². The van der Waals surface area contributed by atoms with Gasteiger partial charge in [-0.1, -0.05) is 48.0 Å². The highest BCUT2D eigenvalue weighted by molar-refractivity contribution is 6.17. The molecule has 1 spiro atoms. The Labute approximate surface area is 205 Å². The number of rotatable bonds is 4. The first-order valence-corrected chi connectivity index (χ1v) is 11.5. The van der Waals surface area contributed by atoms with E-state index in [1.165, 1.54) is 11.0 Å². The van der Waals surface area contributed by atoms with E-state index in [-0.39, 0.29) is 35.4 Å². The van der Waals surface area contributed by atoms with E-state index in [1.54, 1.807) is 29.2 Å². The van der Waals surface area contributed by atoms with Crippen LogP contribution in [0.15, 0.2) is 75.9 Å². The lowest BCUT2D eigenvalue weighted by Crippen LogP contribution is -2.54. The number of hydrogen-bond acceptors (Lipinski definition) is 5. The van der Waals surface area contributed by atoms with Crippen LogP contribution in [-0.2, 0) is 16.9 Å². The monoisotopic (exact) mass is 484 g/mol. The van der Waals surface area contributed by atoms with Crippen LogP contribution >= 0.6 is 0 Å². The summed E-state index contributed by atoms with van der Waals surface area (Å²) in [4.78, 5) is 44.6. The van der Waals surface area contributed by atoms with Crippen molar-refractivity contribution >= 4 is 28.5 Å². The second-order valence-corrected chi connectivity index (χ2v) is 9.06. The summed E-state index contributed by atoms with van der Waals surface area (Å²) in [6.07, 6.45) is 0. The molecule has 0 saturated heterocycles. The molecule has 4 aromatic rings. The van der Waals surface area contributed by atoms with E-state index in [9.17, 15) is 23.9 Å². The van der Waals surface area contributed by atoms with Crippen LogP contribution in [0.25, 0.3) is 11.0 Å². The topological polar surface area (TPSA) is 91.1 Å². The highest BCUT2D eigenvalue weighted by atomic mass is 19.1. The minimum absolute atomic E-state index is 0.0461. The zero-order valence-electron chi connectivity index (χ0n) is 19.3. The molecule has 36 heavy (non-hydrogen) atoms. The van der Waals surface area contributed by atoms with Crippen molar-refractivity contribution in [2.75, 3.05) is 18.1 Å². The fourth-order valence-corrected chi connectivity index (χ4v) is 5.40. The molecule has 0 aliphatic carbocycles. The average Bonchev–Trinajstić information content (AvgIpc) is 3.26. The quantitative estimate of drug-likeness (QED) is 0.479.